The molecule has 6 aromatic rings. The summed E-state index contributed by atoms with van der Waals surface area (Å²) in [5, 5.41) is 7.79. The summed E-state index contributed by atoms with van der Waals surface area (Å²) in [6, 6.07) is 24.1. The van der Waals surface area contributed by atoms with Gasteiger partial charge in [0, 0.05) is 13.1 Å². The second-order valence-corrected chi connectivity index (χ2v) is 19.2. The molecule has 2 aliphatic carbocycles. The third-order valence-corrected chi connectivity index (χ3v) is 14.8. The lowest BCUT2D eigenvalue weighted by Crippen LogP contribution is -2.56. The van der Waals surface area contributed by atoms with E-state index in [1.165, 1.54) is 14.2 Å². The highest BCUT2D eigenvalue weighted by Gasteiger charge is 2.58. The summed E-state index contributed by atoms with van der Waals surface area (Å²) >= 11 is 0. The Morgan fingerprint density at radius 3 is 1.44 bits per heavy atom. The van der Waals surface area contributed by atoms with Crippen molar-refractivity contribution in [3.05, 3.63) is 84.4 Å². The van der Waals surface area contributed by atoms with Crippen molar-refractivity contribution in [2.45, 2.75) is 89.4 Å². The maximum Gasteiger partial charge on any atom is 0.407 e. The second kappa shape index (κ2) is 15.7. The van der Waals surface area contributed by atoms with E-state index in [0.717, 1.165) is 105 Å². The molecule has 6 atom stereocenters. The molecule has 4 bridgehead atoms. The van der Waals surface area contributed by atoms with Crippen molar-refractivity contribution in [3.8, 4) is 22.3 Å². The third kappa shape index (κ3) is 6.66. The van der Waals surface area contributed by atoms with Crippen molar-refractivity contribution in [1.29, 1.82) is 0 Å². The minimum atomic E-state index is -0.702. The number of methoxy groups -OCH3 is 2. The van der Waals surface area contributed by atoms with E-state index in [0.29, 0.717) is 24.9 Å². The zero-order chi connectivity index (χ0) is 44.7. The summed E-state index contributed by atoms with van der Waals surface area (Å²) < 4.78 is 9.73. The zero-order valence-corrected chi connectivity index (χ0v) is 37.3. The Balaban J connectivity index is 0.955. The molecule has 4 amide bonds. The summed E-state index contributed by atoms with van der Waals surface area (Å²) in [4.78, 5) is 74.3. The Labute approximate surface area is 371 Å². The number of rotatable bonds is 10. The Kier molecular flexibility index (Phi) is 10.2. The predicted octanol–water partition coefficient (Wildman–Crippen LogP) is 8.36. The third-order valence-electron chi connectivity index (χ3n) is 14.8. The molecule has 332 valence electrons. The number of imidazole rings is 2. The number of amides is 4. The molecule has 14 nitrogen and oxygen atoms in total. The molecule has 10 rings (SSSR count). The van der Waals surface area contributed by atoms with Crippen LogP contribution >= 0.6 is 0 Å². The van der Waals surface area contributed by atoms with Crippen molar-refractivity contribution < 1.29 is 28.7 Å². The average Bonchev–Trinajstić information content (AvgIpc) is 4.17. The summed E-state index contributed by atoms with van der Waals surface area (Å²) in [6.07, 6.45) is 4.10. The molecule has 4 unspecified atom stereocenters. The maximum atomic E-state index is 14.2. The smallest absolute Gasteiger partial charge is 0.407 e. The molecule has 2 saturated carbocycles. The highest BCUT2D eigenvalue weighted by molar-refractivity contribution is 6.06. The van der Waals surface area contributed by atoms with Gasteiger partial charge in [0.05, 0.1) is 36.3 Å². The van der Waals surface area contributed by atoms with E-state index in [-0.39, 0.29) is 23.7 Å². The first-order chi connectivity index (χ1) is 30.8. The number of aromatic amines is 2. The molecular formula is C50H56N8O6. The molecular weight excluding hydrogens is 809 g/mol. The van der Waals surface area contributed by atoms with E-state index >= 15 is 0 Å². The van der Waals surface area contributed by atoms with Crippen LogP contribution in [0.15, 0.2) is 72.8 Å². The van der Waals surface area contributed by atoms with Gasteiger partial charge in [0.2, 0.25) is 11.8 Å². The zero-order valence-electron chi connectivity index (χ0n) is 37.3. The fraction of sp³-hybridized carbons (Fsp3) is 0.440. The van der Waals surface area contributed by atoms with Crippen LogP contribution in [-0.2, 0) is 30.1 Å². The van der Waals surface area contributed by atoms with Gasteiger partial charge in [0.1, 0.15) is 34.8 Å². The van der Waals surface area contributed by atoms with Crippen molar-refractivity contribution in [2.24, 2.45) is 23.7 Å². The lowest BCUT2D eigenvalue weighted by Gasteiger charge is -2.40. The van der Waals surface area contributed by atoms with Gasteiger partial charge in [-0.15, -0.1) is 0 Å². The van der Waals surface area contributed by atoms with Gasteiger partial charge in [-0.2, -0.15) is 0 Å². The number of nitrogens with zero attached hydrogens (tertiary/aromatic N) is 4. The lowest BCUT2D eigenvalue weighted by molar-refractivity contribution is -0.141. The average molecular weight is 865 g/mol. The quantitative estimate of drug-likeness (QED) is 0.106. The SMILES string of the molecule is COC(=O)N[C@H](C(=O)N1CC2CCC1(c1nc3ccc(-c4cccc5c(-c6ccc7nc(C89CCC(CN8C(=O)[C@@H](NC(=O)OC)C(C)C)C9)[nH]c7c6)cccc45)cc3[nH]1)C2)C(C)C. The number of nitrogens with one attached hydrogen (secondary N) is 4. The molecule has 4 fully saturated rings. The first-order valence-electron chi connectivity index (χ1n) is 22.7. The Morgan fingerprint density at radius 2 is 1.06 bits per heavy atom. The van der Waals surface area contributed by atoms with E-state index in [1.807, 2.05) is 37.5 Å². The van der Waals surface area contributed by atoms with Gasteiger partial charge in [0.25, 0.3) is 0 Å². The number of benzene rings is 4. The number of piperidine rings is 2. The molecule has 64 heavy (non-hydrogen) atoms. The predicted molar refractivity (Wildman–Crippen MR) is 244 cm³/mol. The number of alkyl carbamates (subject to hydrolysis) is 2. The first kappa shape index (κ1) is 41.6. The van der Waals surface area contributed by atoms with E-state index in [9.17, 15) is 19.2 Å². The second-order valence-electron chi connectivity index (χ2n) is 19.2. The van der Waals surface area contributed by atoms with Gasteiger partial charge in [-0.25, -0.2) is 19.6 Å². The highest BCUT2D eigenvalue weighted by atomic mass is 16.5. The van der Waals surface area contributed by atoms with Gasteiger partial charge in [0.15, 0.2) is 0 Å². The van der Waals surface area contributed by atoms with E-state index in [1.54, 1.807) is 0 Å². The molecule has 4 heterocycles. The van der Waals surface area contributed by atoms with Gasteiger partial charge in [-0.05, 0) is 119 Å². The number of hydrogen-bond donors (Lipinski definition) is 4. The number of aromatic nitrogens is 4. The first-order valence-corrected chi connectivity index (χ1v) is 22.7. The minimum Gasteiger partial charge on any atom is -0.453 e. The summed E-state index contributed by atoms with van der Waals surface area (Å²) in [6.45, 7) is 9.01. The van der Waals surface area contributed by atoms with Crippen LogP contribution in [0.3, 0.4) is 0 Å². The number of fused-ring (bicyclic) bond motifs is 7. The molecule has 4 aliphatic rings. The van der Waals surface area contributed by atoms with Crippen LogP contribution in [0.2, 0.25) is 0 Å². The number of H-pyrrole nitrogens is 2. The summed E-state index contributed by atoms with van der Waals surface area (Å²) in [5.41, 5.74) is 6.64. The highest BCUT2D eigenvalue weighted by Crippen LogP contribution is 2.54. The van der Waals surface area contributed by atoms with Crippen LogP contribution in [0, 0.1) is 23.7 Å². The summed E-state index contributed by atoms with van der Waals surface area (Å²) in [7, 11) is 2.62. The van der Waals surface area contributed by atoms with Gasteiger partial charge in [-0.1, -0.05) is 76.2 Å². The Bertz CT molecular complexity index is 2660. The fourth-order valence-corrected chi connectivity index (χ4v) is 11.5. The Hall–Kier alpha value is -6.44. The molecule has 2 saturated heterocycles. The number of hydrogen-bond acceptors (Lipinski definition) is 8. The van der Waals surface area contributed by atoms with Crippen molar-refractivity contribution >= 4 is 56.8 Å². The van der Waals surface area contributed by atoms with Crippen LogP contribution < -0.4 is 10.6 Å². The number of carbonyl (C=O) groups is 4. The largest absolute Gasteiger partial charge is 0.453 e. The van der Waals surface area contributed by atoms with Crippen LogP contribution in [0.4, 0.5) is 9.59 Å². The molecule has 0 radical (unpaired) electrons. The molecule has 4 N–H and O–H groups in total. The van der Waals surface area contributed by atoms with Crippen molar-refractivity contribution in [3.63, 3.8) is 0 Å². The molecule has 0 spiro atoms. The van der Waals surface area contributed by atoms with Crippen molar-refractivity contribution in [2.75, 3.05) is 27.3 Å². The standard InChI is InChI=1S/C50H56N8O6/c1-27(2)41(55-47(61)63-5)43(59)57-25-29-17-19-49(57,23-29)45-51-37-15-13-31(21-39(37)53-45)33-9-7-12-36-34(10-8-11-35(33)36)32-14-16-38-40(22-32)54-46(52-38)50-20-18-30(24-50)26-58(50)44(60)42(28(3)4)56-48(62)64-6/h7-16,21-22,27-30,41-42H,17-20,23-26H2,1-6H3,(H,51,53)(H,52,54)(H,55,61)(H,56,62)/t29?,30?,41-,42-,49?,50?/m0/s1. The minimum absolute atomic E-state index is 0.104. The molecule has 4 aromatic carbocycles. The van der Waals surface area contributed by atoms with E-state index in [4.69, 9.17) is 19.4 Å². The molecule has 14 heteroatoms. The number of ether oxygens (including phenoxy) is 2. The lowest BCUT2D eigenvalue weighted by atomic mass is 9.92. The molecule has 2 aliphatic heterocycles. The fourth-order valence-electron chi connectivity index (χ4n) is 11.5. The molecule has 2 aromatic heterocycles. The van der Waals surface area contributed by atoms with Crippen LogP contribution in [-0.4, -0.2) is 93.1 Å². The van der Waals surface area contributed by atoms with Crippen LogP contribution in [0.25, 0.3) is 55.1 Å². The topological polar surface area (TPSA) is 175 Å². The number of likely N-dealkylation sites (tertiary alicyclic amines) is 2. The Morgan fingerprint density at radius 1 is 0.641 bits per heavy atom. The van der Waals surface area contributed by atoms with E-state index in [2.05, 4.69) is 93.4 Å². The van der Waals surface area contributed by atoms with Gasteiger partial charge >= 0.3 is 12.2 Å². The van der Waals surface area contributed by atoms with Gasteiger partial charge < -0.3 is 39.9 Å². The normalized spacial score (nSPS) is 23.4. The van der Waals surface area contributed by atoms with Crippen molar-refractivity contribution in [1.82, 2.24) is 40.4 Å². The van der Waals surface area contributed by atoms with Crippen LogP contribution in [0.5, 0.6) is 0 Å². The maximum absolute atomic E-state index is 14.2. The summed E-state index contributed by atoms with van der Waals surface area (Å²) in [5.74, 6) is 1.90. The van der Waals surface area contributed by atoms with E-state index < -0.39 is 35.3 Å². The number of carbonyl (C=O) groups excluding carboxylic acids is 4. The van der Waals surface area contributed by atoms with Crippen LogP contribution in [0.1, 0.15) is 77.9 Å². The van der Waals surface area contributed by atoms with Gasteiger partial charge in [-0.3, -0.25) is 9.59 Å². The monoisotopic (exact) mass is 864 g/mol.